The molecule has 1 nitrogen and oxygen atoms in total. The van der Waals surface area contributed by atoms with E-state index in [4.69, 9.17) is 0 Å². The summed E-state index contributed by atoms with van der Waals surface area (Å²) in [5.74, 6) is 2.62. The fourth-order valence-electron chi connectivity index (χ4n) is 1.25. The van der Waals surface area contributed by atoms with Crippen LogP contribution in [0.1, 0.15) is 26.7 Å². The molecule has 0 spiro atoms. The molecule has 10 heavy (non-hydrogen) atoms. The van der Waals surface area contributed by atoms with Crippen molar-refractivity contribution >= 4 is 11.8 Å². The van der Waals surface area contributed by atoms with Crippen LogP contribution in [0.5, 0.6) is 0 Å². The van der Waals surface area contributed by atoms with Crippen LogP contribution in [0, 0.1) is 0 Å². The van der Waals surface area contributed by atoms with Crippen molar-refractivity contribution in [3.8, 4) is 0 Å². The summed E-state index contributed by atoms with van der Waals surface area (Å²) in [6.45, 7) is 4.52. The molecule has 60 valence electrons. The van der Waals surface area contributed by atoms with Crippen LogP contribution in [0.25, 0.3) is 0 Å². The normalized spacial score (nSPS) is 34.2. The van der Waals surface area contributed by atoms with E-state index in [1.807, 2.05) is 0 Å². The first-order chi connectivity index (χ1) is 4.86. The third-order valence-corrected chi connectivity index (χ3v) is 3.37. The average molecular weight is 159 g/mol. The fraction of sp³-hybridized carbons (Fsp3) is 1.00. The van der Waals surface area contributed by atoms with Crippen LogP contribution in [-0.2, 0) is 0 Å². The van der Waals surface area contributed by atoms with Gasteiger partial charge in [-0.3, -0.25) is 0 Å². The van der Waals surface area contributed by atoms with Gasteiger partial charge in [-0.25, -0.2) is 0 Å². The van der Waals surface area contributed by atoms with Gasteiger partial charge in [-0.2, -0.15) is 11.8 Å². The van der Waals surface area contributed by atoms with Crippen molar-refractivity contribution in [3.63, 3.8) is 0 Å². The molecule has 1 aliphatic heterocycles. The third kappa shape index (κ3) is 2.17. The van der Waals surface area contributed by atoms with Crippen molar-refractivity contribution in [2.45, 2.75) is 38.8 Å². The first-order valence-electron chi connectivity index (χ1n) is 4.20. The van der Waals surface area contributed by atoms with Gasteiger partial charge in [0.05, 0.1) is 0 Å². The Kier molecular flexibility index (Phi) is 3.57. The molecule has 2 atom stereocenters. The zero-order chi connectivity index (χ0) is 7.40. The predicted molar refractivity (Wildman–Crippen MR) is 48.6 cm³/mol. The Balaban J connectivity index is 2.25. The van der Waals surface area contributed by atoms with Gasteiger partial charge in [-0.1, -0.05) is 13.8 Å². The third-order valence-electron chi connectivity index (χ3n) is 2.10. The molecule has 0 aromatic heterocycles. The molecule has 0 amide bonds. The lowest BCUT2D eigenvalue weighted by molar-refractivity contribution is 0.446. The van der Waals surface area contributed by atoms with E-state index in [-0.39, 0.29) is 0 Å². The van der Waals surface area contributed by atoms with E-state index >= 15 is 0 Å². The number of rotatable bonds is 2. The molecule has 0 aromatic carbocycles. The van der Waals surface area contributed by atoms with Crippen LogP contribution in [-0.4, -0.2) is 23.6 Å². The predicted octanol–water partition coefficient (Wildman–Crippen LogP) is 1.88. The van der Waals surface area contributed by atoms with E-state index in [2.05, 4.69) is 30.9 Å². The molecule has 1 aliphatic rings. The highest BCUT2D eigenvalue weighted by atomic mass is 32.2. The van der Waals surface area contributed by atoms with Gasteiger partial charge in [0.2, 0.25) is 0 Å². The van der Waals surface area contributed by atoms with Crippen LogP contribution in [0.15, 0.2) is 0 Å². The maximum Gasteiger partial charge on any atom is 0.0158 e. The number of nitrogens with one attached hydrogen (secondary N) is 1. The van der Waals surface area contributed by atoms with Crippen molar-refractivity contribution < 1.29 is 0 Å². The lowest BCUT2D eigenvalue weighted by Crippen LogP contribution is -2.44. The summed E-state index contributed by atoms with van der Waals surface area (Å²) in [7, 11) is 0. The van der Waals surface area contributed by atoms with Gasteiger partial charge in [0, 0.05) is 23.6 Å². The summed E-state index contributed by atoms with van der Waals surface area (Å²) in [6.07, 6.45) is 2.56. The van der Waals surface area contributed by atoms with Gasteiger partial charge in [-0.15, -0.1) is 0 Å². The van der Waals surface area contributed by atoms with E-state index in [0.29, 0.717) is 0 Å². The van der Waals surface area contributed by atoms with E-state index in [1.165, 1.54) is 24.3 Å². The van der Waals surface area contributed by atoms with Crippen LogP contribution < -0.4 is 5.32 Å². The lowest BCUT2D eigenvalue weighted by atomic mass is 10.2. The summed E-state index contributed by atoms with van der Waals surface area (Å²) >= 11 is 2.10. The Morgan fingerprint density at radius 2 is 1.70 bits per heavy atom. The fourth-order valence-corrected chi connectivity index (χ4v) is 2.62. The smallest absolute Gasteiger partial charge is 0.0158 e. The number of thioether (sulfide) groups is 1. The van der Waals surface area contributed by atoms with Crippen LogP contribution >= 0.6 is 11.8 Å². The molecular formula is C8H17NS. The minimum absolute atomic E-state index is 0.781. The molecule has 2 unspecified atom stereocenters. The van der Waals surface area contributed by atoms with Gasteiger partial charge in [-0.05, 0) is 12.8 Å². The lowest BCUT2D eigenvalue weighted by Gasteiger charge is -2.29. The molecule has 1 N–H and O–H groups in total. The molecule has 1 rings (SSSR count). The Bertz CT molecular complexity index is 85.3. The van der Waals surface area contributed by atoms with Crippen LogP contribution in [0.3, 0.4) is 0 Å². The minimum Gasteiger partial charge on any atom is -0.310 e. The highest BCUT2D eigenvalue weighted by Gasteiger charge is 2.17. The molecule has 1 heterocycles. The molecular weight excluding hydrogens is 142 g/mol. The van der Waals surface area contributed by atoms with Gasteiger partial charge in [0.25, 0.3) is 0 Å². The monoisotopic (exact) mass is 159 g/mol. The summed E-state index contributed by atoms with van der Waals surface area (Å²) < 4.78 is 0. The maximum absolute atomic E-state index is 3.63. The van der Waals surface area contributed by atoms with E-state index in [9.17, 15) is 0 Å². The topological polar surface area (TPSA) is 12.0 Å². The largest absolute Gasteiger partial charge is 0.310 e. The van der Waals surface area contributed by atoms with Crippen LogP contribution in [0.2, 0.25) is 0 Å². The first-order valence-corrected chi connectivity index (χ1v) is 5.36. The molecule has 1 saturated heterocycles. The Labute approximate surface area is 68.0 Å². The van der Waals surface area contributed by atoms with Crippen molar-refractivity contribution in [3.05, 3.63) is 0 Å². The summed E-state index contributed by atoms with van der Waals surface area (Å²) in [5, 5.41) is 3.63. The molecule has 0 aliphatic carbocycles. The number of hydrogen-bond donors (Lipinski definition) is 1. The summed E-state index contributed by atoms with van der Waals surface area (Å²) in [4.78, 5) is 0. The number of hydrogen-bond acceptors (Lipinski definition) is 2. The second kappa shape index (κ2) is 4.24. The van der Waals surface area contributed by atoms with E-state index < -0.39 is 0 Å². The van der Waals surface area contributed by atoms with Crippen molar-refractivity contribution in [1.82, 2.24) is 5.32 Å². The van der Waals surface area contributed by atoms with E-state index in [1.54, 1.807) is 0 Å². The zero-order valence-corrected chi connectivity index (χ0v) is 7.71. The van der Waals surface area contributed by atoms with Crippen molar-refractivity contribution in [1.29, 1.82) is 0 Å². The van der Waals surface area contributed by atoms with Gasteiger partial charge in [0.1, 0.15) is 0 Å². The van der Waals surface area contributed by atoms with Gasteiger partial charge < -0.3 is 5.32 Å². The molecule has 1 fully saturated rings. The maximum atomic E-state index is 3.63. The second-order valence-corrected chi connectivity index (χ2v) is 3.99. The quantitative estimate of drug-likeness (QED) is 0.660. The minimum atomic E-state index is 0.781. The summed E-state index contributed by atoms with van der Waals surface area (Å²) in [5.41, 5.74) is 0. The van der Waals surface area contributed by atoms with Crippen molar-refractivity contribution in [2.24, 2.45) is 0 Å². The average Bonchev–Trinajstić information content (AvgIpc) is 2.05. The van der Waals surface area contributed by atoms with E-state index in [0.717, 1.165) is 12.1 Å². The summed E-state index contributed by atoms with van der Waals surface area (Å²) in [6, 6.07) is 1.56. The van der Waals surface area contributed by atoms with Crippen LogP contribution in [0.4, 0.5) is 0 Å². The molecule has 0 aromatic rings. The SMILES string of the molecule is CCC1CSCC(CC)N1. The Morgan fingerprint density at radius 3 is 2.10 bits per heavy atom. The highest BCUT2D eigenvalue weighted by Crippen LogP contribution is 2.15. The van der Waals surface area contributed by atoms with Gasteiger partial charge >= 0.3 is 0 Å². The van der Waals surface area contributed by atoms with Gasteiger partial charge in [0.15, 0.2) is 0 Å². The Morgan fingerprint density at radius 1 is 1.20 bits per heavy atom. The second-order valence-electron chi connectivity index (χ2n) is 2.91. The standard InChI is InChI=1S/C8H17NS/c1-3-7-5-10-6-8(4-2)9-7/h7-9H,3-6H2,1-2H3. The Hall–Kier alpha value is 0.310. The van der Waals surface area contributed by atoms with Crippen molar-refractivity contribution in [2.75, 3.05) is 11.5 Å². The molecule has 0 saturated carbocycles. The zero-order valence-electron chi connectivity index (χ0n) is 6.89. The first kappa shape index (κ1) is 8.41. The molecule has 2 heteroatoms. The molecule has 0 bridgehead atoms. The highest BCUT2D eigenvalue weighted by molar-refractivity contribution is 7.99. The molecule has 0 radical (unpaired) electrons.